The molecule has 0 atom stereocenters. The number of carbonyl (C=O) groups is 1. The number of carbonyl (C=O) groups excluding carboxylic acids is 1. The van der Waals surface area contributed by atoms with Gasteiger partial charge in [0.15, 0.2) is 16.8 Å². The summed E-state index contributed by atoms with van der Waals surface area (Å²) in [5, 5.41) is -4.11. The Hall–Kier alpha value is -3.53. The Morgan fingerprint density at radius 1 is 0.763 bits per heavy atom. The molecular weight excluding hydrogens is 530 g/mol. The number of rotatable bonds is 9. The first kappa shape index (κ1) is 29.0. The van der Waals surface area contributed by atoms with Crippen LogP contribution < -0.4 is 0 Å². The SMILES string of the molecule is O=C(Cc1ccccc1)OCC(F)(F)S(=O)(=O)O.c1ccc([SH+]C(c2ccccc2)c2ccccc2)cc1. The summed E-state index contributed by atoms with van der Waals surface area (Å²) in [6.07, 6.45) is -0.262. The van der Waals surface area contributed by atoms with Crippen LogP contribution in [0.1, 0.15) is 21.9 Å². The predicted octanol–water partition coefficient (Wildman–Crippen LogP) is 5.90. The van der Waals surface area contributed by atoms with Crippen molar-refractivity contribution in [1.29, 1.82) is 0 Å². The zero-order valence-electron chi connectivity index (χ0n) is 20.2. The van der Waals surface area contributed by atoms with E-state index >= 15 is 0 Å². The van der Waals surface area contributed by atoms with Crippen LogP contribution in [0.25, 0.3) is 0 Å². The van der Waals surface area contributed by atoms with Gasteiger partial charge in [-0.1, -0.05) is 109 Å². The van der Waals surface area contributed by atoms with Crippen LogP contribution >= 0.6 is 0 Å². The third kappa shape index (κ3) is 9.09. The van der Waals surface area contributed by atoms with E-state index in [1.54, 1.807) is 30.3 Å². The molecule has 1 N–H and O–H groups in total. The van der Waals surface area contributed by atoms with Crippen LogP contribution in [-0.2, 0) is 37.8 Å². The van der Waals surface area contributed by atoms with Gasteiger partial charge in [0.05, 0.1) is 6.42 Å². The summed E-state index contributed by atoms with van der Waals surface area (Å²) in [6, 6.07) is 40.3. The zero-order chi connectivity index (χ0) is 27.4. The maximum Gasteiger partial charge on any atom is 0.402 e. The lowest BCUT2D eigenvalue weighted by Gasteiger charge is -2.12. The number of hydrogen-bond donors (Lipinski definition) is 1. The maximum absolute atomic E-state index is 12.7. The molecule has 0 aromatic heterocycles. The van der Waals surface area contributed by atoms with Crippen molar-refractivity contribution >= 4 is 27.8 Å². The number of benzene rings is 4. The molecule has 4 rings (SSSR count). The summed E-state index contributed by atoms with van der Waals surface area (Å²) < 4.78 is 58.2. The van der Waals surface area contributed by atoms with E-state index < -0.39 is 27.9 Å². The first-order chi connectivity index (χ1) is 18.2. The number of esters is 1. The van der Waals surface area contributed by atoms with Gasteiger partial charge in [0.2, 0.25) is 0 Å². The first-order valence-corrected chi connectivity index (χ1v) is 14.0. The highest BCUT2D eigenvalue weighted by Crippen LogP contribution is 2.29. The predicted molar refractivity (Wildman–Crippen MR) is 146 cm³/mol. The molecule has 198 valence electrons. The Balaban J connectivity index is 0.000000212. The molecule has 5 nitrogen and oxygen atoms in total. The molecule has 0 amide bonds. The third-order valence-corrected chi connectivity index (χ3v) is 7.56. The lowest BCUT2D eigenvalue weighted by atomic mass is 10.0. The minimum Gasteiger partial charge on any atom is -0.458 e. The van der Waals surface area contributed by atoms with Crippen LogP contribution in [0.3, 0.4) is 0 Å². The molecule has 0 unspecified atom stereocenters. The van der Waals surface area contributed by atoms with Gasteiger partial charge in [-0.05, 0) is 17.7 Å². The van der Waals surface area contributed by atoms with Gasteiger partial charge in [-0.3, -0.25) is 9.35 Å². The van der Waals surface area contributed by atoms with Crippen LogP contribution in [0.5, 0.6) is 0 Å². The minimum absolute atomic E-state index is 0.262. The van der Waals surface area contributed by atoms with Crippen molar-refractivity contribution in [3.8, 4) is 0 Å². The summed E-state index contributed by atoms with van der Waals surface area (Å²) in [7, 11) is -5.58. The van der Waals surface area contributed by atoms with Gasteiger partial charge in [-0.25, -0.2) is 0 Å². The van der Waals surface area contributed by atoms with E-state index in [0.717, 1.165) is 0 Å². The lowest BCUT2D eigenvalue weighted by Crippen LogP contribution is -2.34. The van der Waals surface area contributed by atoms with Gasteiger partial charge < -0.3 is 4.74 Å². The molecular formula is C29H27F2O5S2+. The van der Waals surface area contributed by atoms with E-state index in [1.165, 1.54) is 27.8 Å². The lowest BCUT2D eigenvalue weighted by molar-refractivity contribution is -0.148. The Morgan fingerprint density at radius 2 is 1.18 bits per heavy atom. The molecule has 0 aliphatic carbocycles. The van der Waals surface area contributed by atoms with Crippen LogP contribution in [0.2, 0.25) is 0 Å². The smallest absolute Gasteiger partial charge is 0.402 e. The quantitative estimate of drug-likeness (QED) is 0.120. The van der Waals surface area contributed by atoms with Crippen LogP contribution in [-0.4, -0.2) is 30.8 Å². The van der Waals surface area contributed by atoms with Gasteiger partial charge in [-0.15, -0.1) is 0 Å². The Kier molecular flexibility index (Phi) is 10.6. The molecule has 4 aromatic carbocycles. The van der Waals surface area contributed by atoms with Gasteiger partial charge >= 0.3 is 21.3 Å². The molecule has 0 fully saturated rings. The summed E-state index contributed by atoms with van der Waals surface area (Å²) in [5.74, 6) is -1.01. The topological polar surface area (TPSA) is 80.7 Å². The standard InChI is InChI=1S/C19H16S.C10H10F2O5S/c1-4-10-16(11-5-1)19(17-12-6-2-7-13-17)20-18-14-8-3-9-15-18;11-10(12,18(14,15)16)7-17-9(13)6-8-4-2-1-3-5-8/h1-15,19H;1-5H,6-7H2,(H,14,15,16)/p+1. The molecule has 0 heterocycles. The van der Waals surface area contributed by atoms with Crippen LogP contribution in [0, 0.1) is 0 Å². The summed E-state index contributed by atoms with van der Waals surface area (Å²) in [4.78, 5) is 12.5. The summed E-state index contributed by atoms with van der Waals surface area (Å²) >= 11 is 1.32. The summed E-state index contributed by atoms with van der Waals surface area (Å²) in [5.41, 5.74) is 3.27. The highest BCUT2D eigenvalue weighted by molar-refractivity contribution is 7.86. The van der Waals surface area contributed by atoms with Crippen molar-refractivity contribution in [3.63, 3.8) is 0 Å². The minimum atomic E-state index is -5.58. The second-order valence-corrected chi connectivity index (χ2v) is 11.0. The fraction of sp³-hybridized carbons (Fsp3) is 0.138. The summed E-state index contributed by atoms with van der Waals surface area (Å²) in [6.45, 7) is -1.71. The van der Waals surface area contributed by atoms with E-state index in [1.807, 2.05) is 0 Å². The second-order valence-electron chi connectivity index (χ2n) is 8.12. The fourth-order valence-corrected chi connectivity index (χ4v) is 4.82. The average molecular weight is 558 g/mol. The largest absolute Gasteiger partial charge is 0.458 e. The molecule has 0 saturated carbocycles. The Morgan fingerprint density at radius 3 is 1.63 bits per heavy atom. The van der Waals surface area contributed by atoms with Crippen molar-refractivity contribution in [2.75, 3.05) is 6.61 Å². The maximum atomic E-state index is 12.7. The van der Waals surface area contributed by atoms with Crippen molar-refractivity contribution in [2.45, 2.75) is 21.8 Å². The normalized spacial score (nSPS) is 11.4. The molecule has 0 spiro atoms. The van der Waals surface area contributed by atoms with Crippen molar-refractivity contribution in [3.05, 3.63) is 138 Å². The van der Waals surface area contributed by atoms with Crippen LogP contribution in [0.15, 0.2) is 126 Å². The molecule has 0 radical (unpaired) electrons. The van der Waals surface area contributed by atoms with Gasteiger partial charge in [0.25, 0.3) is 0 Å². The molecule has 0 aliphatic heterocycles. The van der Waals surface area contributed by atoms with Crippen LogP contribution in [0.4, 0.5) is 8.78 Å². The molecule has 9 heteroatoms. The van der Waals surface area contributed by atoms with E-state index in [4.69, 9.17) is 4.55 Å². The molecule has 0 aliphatic rings. The Labute approximate surface area is 225 Å². The highest BCUT2D eigenvalue weighted by atomic mass is 32.2. The number of thiol groups is 1. The van der Waals surface area contributed by atoms with E-state index in [9.17, 15) is 22.0 Å². The number of alkyl halides is 2. The van der Waals surface area contributed by atoms with Crippen molar-refractivity contribution < 1.29 is 31.3 Å². The zero-order valence-corrected chi connectivity index (χ0v) is 21.9. The average Bonchev–Trinajstić information content (AvgIpc) is 2.92. The fourth-order valence-electron chi connectivity index (χ4n) is 3.33. The second kappa shape index (κ2) is 13.9. The molecule has 0 bridgehead atoms. The van der Waals surface area contributed by atoms with Gasteiger partial charge in [0.1, 0.15) is 0 Å². The van der Waals surface area contributed by atoms with Crippen molar-refractivity contribution in [1.82, 2.24) is 0 Å². The third-order valence-electron chi connectivity index (χ3n) is 5.23. The highest BCUT2D eigenvalue weighted by Gasteiger charge is 2.45. The van der Waals surface area contributed by atoms with Gasteiger partial charge in [0, 0.05) is 22.9 Å². The molecule has 4 aromatic rings. The number of halogens is 2. The van der Waals surface area contributed by atoms with Crippen molar-refractivity contribution in [2.24, 2.45) is 0 Å². The number of ether oxygens (including phenoxy) is 1. The first-order valence-electron chi connectivity index (χ1n) is 11.6. The molecule has 0 saturated heterocycles. The monoisotopic (exact) mass is 557 g/mol. The molecule has 38 heavy (non-hydrogen) atoms. The van der Waals surface area contributed by atoms with E-state index in [-0.39, 0.29) is 6.42 Å². The van der Waals surface area contributed by atoms with E-state index in [2.05, 4.69) is 95.7 Å². The van der Waals surface area contributed by atoms with E-state index in [0.29, 0.717) is 10.8 Å². The Bertz CT molecular complexity index is 1330. The van der Waals surface area contributed by atoms with Gasteiger partial charge in [-0.2, -0.15) is 17.2 Å². The number of hydrogen-bond acceptors (Lipinski definition) is 4.